The van der Waals surface area contributed by atoms with Crippen LogP contribution in [0.25, 0.3) is 0 Å². The molecule has 0 radical (unpaired) electrons. The summed E-state index contributed by atoms with van der Waals surface area (Å²) in [6, 6.07) is 2.29. The Labute approximate surface area is 79.7 Å². The molecule has 70 valence electrons. The molecule has 0 aliphatic rings. The Morgan fingerprint density at radius 1 is 1.50 bits per heavy atom. The van der Waals surface area contributed by atoms with Crippen LogP contribution in [0.5, 0.6) is 0 Å². The SMILES string of the molecule is CCCCSCC(C#N)NCC. The molecule has 1 unspecified atom stereocenters. The maximum absolute atomic E-state index is 8.69. The second kappa shape index (κ2) is 8.89. The van der Waals surface area contributed by atoms with E-state index in [0.717, 1.165) is 12.3 Å². The molecule has 0 aliphatic carbocycles. The smallest absolute Gasteiger partial charge is 0.104 e. The summed E-state index contributed by atoms with van der Waals surface area (Å²) < 4.78 is 0. The zero-order chi connectivity index (χ0) is 9.23. The topological polar surface area (TPSA) is 35.8 Å². The molecule has 0 heterocycles. The highest BCUT2D eigenvalue weighted by Crippen LogP contribution is 2.05. The van der Waals surface area contributed by atoms with Gasteiger partial charge in [-0.05, 0) is 18.7 Å². The normalized spacial score (nSPS) is 12.4. The molecule has 0 bridgehead atoms. The third-order valence-corrected chi connectivity index (χ3v) is 2.68. The lowest BCUT2D eigenvalue weighted by Gasteiger charge is -2.08. The minimum atomic E-state index is 0.0388. The third kappa shape index (κ3) is 6.51. The quantitative estimate of drug-likeness (QED) is 0.618. The summed E-state index contributed by atoms with van der Waals surface area (Å²) in [6.45, 7) is 5.10. The van der Waals surface area contributed by atoms with Gasteiger partial charge in [0.25, 0.3) is 0 Å². The zero-order valence-electron chi connectivity index (χ0n) is 7.97. The van der Waals surface area contributed by atoms with E-state index >= 15 is 0 Å². The van der Waals surface area contributed by atoms with Crippen LogP contribution in [0.1, 0.15) is 26.7 Å². The molecule has 0 saturated heterocycles. The van der Waals surface area contributed by atoms with Gasteiger partial charge in [-0.1, -0.05) is 20.3 Å². The van der Waals surface area contributed by atoms with Crippen LogP contribution in [0.2, 0.25) is 0 Å². The second-order valence-corrected chi connectivity index (χ2v) is 3.82. The van der Waals surface area contributed by atoms with Crippen molar-refractivity contribution >= 4 is 11.8 Å². The largest absolute Gasteiger partial charge is 0.302 e. The van der Waals surface area contributed by atoms with Gasteiger partial charge in [-0.2, -0.15) is 17.0 Å². The molecule has 2 nitrogen and oxygen atoms in total. The summed E-state index contributed by atoms with van der Waals surface area (Å²) in [5, 5.41) is 11.8. The summed E-state index contributed by atoms with van der Waals surface area (Å²) in [6.07, 6.45) is 2.50. The lowest BCUT2D eigenvalue weighted by Crippen LogP contribution is -2.29. The van der Waals surface area contributed by atoms with Gasteiger partial charge in [-0.3, -0.25) is 0 Å². The zero-order valence-corrected chi connectivity index (χ0v) is 8.78. The molecule has 0 fully saturated rings. The first kappa shape index (κ1) is 11.8. The molecule has 0 aromatic carbocycles. The van der Waals surface area contributed by atoms with Gasteiger partial charge in [-0.25, -0.2) is 0 Å². The van der Waals surface area contributed by atoms with Crippen molar-refractivity contribution in [2.75, 3.05) is 18.1 Å². The van der Waals surface area contributed by atoms with Crippen LogP contribution in [0, 0.1) is 11.3 Å². The Morgan fingerprint density at radius 2 is 2.25 bits per heavy atom. The van der Waals surface area contributed by atoms with E-state index in [1.807, 2.05) is 18.7 Å². The number of nitriles is 1. The van der Waals surface area contributed by atoms with Crippen molar-refractivity contribution in [2.45, 2.75) is 32.7 Å². The van der Waals surface area contributed by atoms with Gasteiger partial charge in [-0.15, -0.1) is 0 Å². The minimum Gasteiger partial charge on any atom is -0.302 e. The highest BCUT2D eigenvalue weighted by atomic mass is 32.2. The Bertz CT molecular complexity index is 131. The fourth-order valence-corrected chi connectivity index (χ4v) is 1.92. The number of hydrogen-bond donors (Lipinski definition) is 1. The van der Waals surface area contributed by atoms with E-state index in [9.17, 15) is 0 Å². The molecule has 3 heteroatoms. The average molecular weight is 186 g/mol. The molecule has 1 N–H and O–H groups in total. The summed E-state index contributed by atoms with van der Waals surface area (Å²) >= 11 is 1.87. The van der Waals surface area contributed by atoms with E-state index in [2.05, 4.69) is 18.3 Å². The molecule has 0 spiro atoms. The monoisotopic (exact) mass is 186 g/mol. The van der Waals surface area contributed by atoms with Crippen LogP contribution in [0.15, 0.2) is 0 Å². The number of rotatable bonds is 7. The summed E-state index contributed by atoms with van der Waals surface area (Å²) in [5.74, 6) is 2.10. The van der Waals surface area contributed by atoms with Gasteiger partial charge in [0.05, 0.1) is 6.07 Å². The number of hydrogen-bond acceptors (Lipinski definition) is 3. The van der Waals surface area contributed by atoms with E-state index < -0.39 is 0 Å². The van der Waals surface area contributed by atoms with Crippen LogP contribution in [0.4, 0.5) is 0 Å². The summed E-state index contributed by atoms with van der Waals surface area (Å²) in [7, 11) is 0. The maximum Gasteiger partial charge on any atom is 0.104 e. The Kier molecular flexibility index (Phi) is 8.74. The van der Waals surface area contributed by atoms with Gasteiger partial charge in [0.2, 0.25) is 0 Å². The lowest BCUT2D eigenvalue weighted by molar-refractivity contribution is 0.677. The molecule has 0 aliphatic heterocycles. The van der Waals surface area contributed by atoms with Crippen molar-refractivity contribution in [1.29, 1.82) is 5.26 Å². The van der Waals surface area contributed by atoms with Crippen molar-refractivity contribution < 1.29 is 0 Å². The van der Waals surface area contributed by atoms with Gasteiger partial charge >= 0.3 is 0 Å². The minimum absolute atomic E-state index is 0.0388. The van der Waals surface area contributed by atoms with Crippen molar-refractivity contribution in [3.63, 3.8) is 0 Å². The van der Waals surface area contributed by atoms with Crippen molar-refractivity contribution in [2.24, 2.45) is 0 Å². The lowest BCUT2D eigenvalue weighted by atomic mass is 10.4. The number of nitrogens with zero attached hydrogens (tertiary/aromatic N) is 1. The first-order valence-electron chi connectivity index (χ1n) is 4.55. The Hall–Kier alpha value is -0.200. The van der Waals surface area contributed by atoms with E-state index in [0.29, 0.717) is 0 Å². The van der Waals surface area contributed by atoms with E-state index in [1.54, 1.807) is 0 Å². The summed E-state index contributed by atoms with van der Waals surface area (Å²) in [4.78, 5) is 0. The Morgan fingerprint density at radius 3 is 2.75 bits per heavy atom. The molecular formula is C9H18N2S. The number of thioether (sulfide) groups is 1. The molecule has 0 aromatic rings. The van der Waals surface area contributed by atoms with Gasteiger partial charge < -0.3 is 5.32 Å². The first-order chi connectivity index (χ1) is 5.85. The van der Waals surface area contributed by atoms with Gasteiger partial charge in [0.15, 0.2) is 0 Å². The average Bonchev–Trinajstić information content (AvgIpc) is 2.10. The predicted molar refractivity (Wildman–Crippen MR) is 55.3 cm³/mol. The van der Waals surface area contributed by atoms with E-state index in [1.165, 1.54) is 18.6 Å². The molecule has 1 atom stereocenters. The van der Waals surface area contributed by atoms with Gasteiger partial charge in [0, 0.05) is 5.75 Å². The van der Waals surface area contributed by atoms with Crippen LogP contribution < -0.4 is 5.32 Å². The molecule has 0 aromatic heterocycles. The predicted octanol–water partition coefficient (Wildman–Crippen LogP) is 2.02. The highest BCUT2D eigenvalue weighted by Gasteiger charge is 2.03. The fraction of sp³-hybridized carbons (Fsp3) is 0.889. The number of nitrogens with one attached hydrogen (secondary N) is 1. The molecule has 12 heavy (non-hydrogen) atoms. The molecular weight excluding hydrogens is 168 g/mol. The standard InChI is InChI=1S/C9H18N2S/c1-3-5-6-12-8-9(7-10)11-4-2/h9,11H,3-6,8H2,1-2H3. The van der Waals surface area contributed by atoms with Crippen molar-refractivity contribution in [3.8, 4) is 6.07 Å². The van der Waals surface area contributed by atoms with Gasteiger partial charge in [0.1, 0.15) is 6.04 Å². The Balaban J connectivity index is 3.27. The van der Waals surface area contributed by atoms with Crippen LogP contribution in [-0.4, -0.2) is 24.1 Å². The van der Waals surface area contributed by atoms with E-state index in [4.69, 9.17) is 5.26 Å². The van der Waals surface area contributed by atoms with Crippen LogP contribution >= 0.6 is 11.8 Å². The van der Waals surface area contributed by atoms with Crippen molar-refractivity contribution in [3.05, 3.63) is 0 Å². The van der Waals surface area contributed by atoms with Crippen LogP contribution in [-0.2, 0) is 0 Å². The fourth-order valence-electron chi connectivity index (χ4n) is 0.836. The maximum atomic E-state index is 8.69. The summed E-state index contributed by atoms with van der Waals surface area (Å²) in [5.41, 5.74) is 0. The van der Waals surface area contributed by atoms with E-state index in [-0.39, 0.29) is 6.04 Å². The second-order valence-electron chi connectivity index (χ2n) is 2.67. The molecule has 0 amide bonds. The van der Waals surface area contributed by atoms with Crippen molar-refractivity contribution in [1.82, 2.24) is 5.32 Å². The molecule has 0 rings (SSSR count). The number of unbranched alkanes of at least 4 members (excludes halogenated alkanes) is 1. The van der Waals surface area contributed by atoms with Crippen LogP contribution in [0.3, 0.4) is 0 Å². The molecule has 0 saturated carbocycles. The third-order valence-electron chi connectivity index (χ3n) is 1.53. The highest BCUT2D eigenvalue weighted by molar-refractivity contribution is 7.99. The first-order valence-corrected chi connectivity index (χ1v) is 5.71.